The van der Waals surface area contributed by atoms with Gasteiger partial charge in [0.1, 0.15) is 17.5 Å². The summed E-state index contributed by atoms with van der Waals surface area (Å²) >= 11 is 0. The monoisotopic (exact) mass is 348 g/mol. The number of anilines is 1. The molecule has 0 bridgehead atoms. The smallest absolute Gasteiger partial charge is 0.253 e. The van der Waals surface area contributed by atoms with Crippen molar-refractivity contribution in [2.45, 2.75) is 12.1 Å². The fourth-order valence-electron chi connectivity index (χ4n) is 3.46. The largest absolute Gasteiger partial charge is 0.497 e. The van der Waals surface area contributed by atoms with Crippen LogP contribution in [0.1, 0.15) is 17.6 Å². The Morgan fingerprint density at radius 1 is 0.769 bits per heavy atom. The summed E-state index contributed by atoms with van der Waals surface area (Å²) in [4.78, 5) is 14.8. The Morgan fingerprint density at radius 3 is 1.85 bits per heavy atom. The Morgan fingerprint density at radius 2 is 1.31 bits per heavy atom. The van der Waals surface area contributed by atoms with Gasteiger partial charge in [-0.05, 0) is 54.1 Å². The first-order valence-electron chi connectivity index (χ1n) is 8.46. The molecule has 1 aliphatic rings. The highest BCUT2D eigenvalue weighted by atomic mass is 16.5. The number of amides is 1. The van der Waals surface area contributed by atoms with Crippen LogP contribution in [0.3, 0.4) is 0 Å². The maximum atomic E-state index is 13.0. The summed E-state index contributed by atoms with van der Waals surface area (Å²) in [5, 5.41) is 0. The molecule has 132 valence electrons. The first kappa shape index (κ1) is 16.3. The fraction of sp³-hybridized carbons (Fsp3) is 0.190. The minimum Gasteiger partial charge on any atom is -0.497 e. The van der Waals surface area contributed by atoms with Gasteiger partial charge < -0.3 is 18.9 Å². The lowest BCUT2D eigenvalue weighted by Gasteiger charge is -2.48. The molecule has 0 unspecified atom stereocenters. The molecule has 26 heavy (non-hydrogen) atoms. The average Bonchev–Trinajstić information content (AvgIpc) is 3.20. The molecule has 0 spiro atoms. The Bertz CT molecular complexity index is 886. The van der Waals surface area contributed by atoms with Crippen molar-refractivity contribution in [2.75, 3.05) is 19.1 Å². The second-order valence-corrected chi connectivity index (χ2v) is 6.20. The van der Waals surface area contributed by atoms with Crippen LogP contribution in [0.25, 0.3) is 0 Å². The van der Waals surface area contributed by atoms with Crippen LogP contribution in [-0.4, -0.2) is 24.7 Å². The minimum atomic E-state index is -0.250. The van der Waals surface area contributed by atoms with E-state index < -0.39 is 0 Å². The Kier molecular flexibility index (Phi) is 4.13. The summed E-state index contributed by atoms with van der Waals surface area (Å²) in [6.07, 6.45) is 3.87. The van der Waals surface area contributed by atoms with E-state index in [1.165, 1.54) is 0 Å². The first-order chi connectivity index (χ1) is 12.7. The van der Waals surface area contributed by atoms with Gasteiger partial charge in [0.2, 0.25) is 0 Å². The van der Waals surface area contributed by atoms with Gasteiger partial charge in [-0.2, -0.15) is 0 Å². The van der Waals surface area contributed by atoms with Gasteiger partial charge in [0.25, 0.3) is 5.91 Å². The molecule has 0 aliphatic carbocycles. The number of carbonyl (C=O) groups is 1. The third-order valence-electron chi connectivity index (χ3n) is 4.82. The van der Waals surface area contributed by atoms with E-state index in [4.69, 9.17) is 9.47 Å². The standard InChI is InChI=1S/C21H20N2O3/c1-25-17-9-5-15(6-10-17)19-20(22-13-3-4-14-22)21(24)23(19)16-7-11-18(26-2)12-8-16/h3-14,19-20H,1-2H3/t19-,20+/m0/s1. The second kappa shape index (κ2) is 6.59. The molecule has 3 aromatic rings. The quantitative estimate of drug-likeness (QED) is 0.658. The molecule has 4 rings (SSSR count). The average molecular weight is 348 g/mol. The number of rotatable bonds is 5. The maximum absolute atomic E-state index is 13.0. The first-order valence-corrected chi connectivity index (χ1v) is 8.46. The van der Waals surface area contributed by atoms with Crippen LogP contribution in [0.15, 0.2) is 73.1 Å². The van der Waals surface area contributed by atoms with Gasteiger partial charge >= 0.3 is 0 Å². The van der Waals surface area contributed by atoms with Gasteiger partial charge in [0.15, 0.2) is 0 Å². The van der Waals surface area contributed by atoms with Gasteiger partial charge in [-0.15, -0.1) is 0 Å². The molecule has 0 N–H and O–H groups in total. The summed E-state index contributed by atoms with van der Waals surface area (Å²) in [5.74, 6) is 1.64. The maximum Gasteiger partial charge on any atom is 0.253 e. The number of aromatic nitrogens is 1. The van der Waals surface area contributed by atoms with E-state index in [1.807, 2.05) is 82.5 Å². The van der Waals surface area contributed by atoms with Crippen molar-refractivity contribution in [2.24, 2.45) is 0 Å². The van der Waals surface area contributed by atoms with Crippen LogP contribution in [0, 0.1) is 0 Å². The normalized spacial score (nSPS) is 19.2. The van der Waals surface area contributed by atoms with Gasteiger partial charge in [0.05, 0.1) is 20.3 Å². The molecule has 1 aromatic heterocycles. The van der Waals surface area contributed by atoms with E-state index >= 15 is 0 Å². The van der Waals surface area contributed by atoms with Crippen LogP contribution in [0.2, 0.25) is 0 Å². The molecule has 2 atom stereocenters. The molecule has 1 fully saturated rings. The van der Waals surface area contributed by atoms with E-state index in [9.17, 15) is 4.79 Å². The molecule has 5 nitrogen and oxygen atoms in total. The van der Waals surface area contributed by atoms with Crippen molar-refractivity contribution in [1.29, 1.82) is 0 Å². The van der Waals surface area contributed by atoms with Gasteiger partial charge in [-0.1, -0.05) is 12.1 Å². The SMILES string of the molecule is COc1ccc([C@H]2[C@@H](n3cccc3)C(=O)N2c2ccc(OC)cc2)cc1. The Labute approximate surface area is 152 Å². The number of ether oxygens (including phenoxy) is 2. The van der Waals surface area contributed by atoms with Crippen LogP contribution in [0.4, 0.5) is 5.69 Å². The minimum absolute atomic E-state index is 0.0748. The number of methoxy groups -OCH3 is 2. The third-order valence-corrected chi connectivity index (χ3v) is 4.82. The number of hydrogen-bond acceptors (Lipinski definition) is 3. The van der Waals surface area contributed by atoms with Crippen molar-refractivity contribution in [3.8, 4) is 11.5 Å². The fourth-order valence-corrected chi connectivity index (χ4v) is 3.46. The van der Waals surface area contributed by atoms with Crippen LogP contribution < -0.4 is 14.4 Å². The molecule has 2 heterocycles. The lowest BCUT2D eigenvalue weighted by Crippen LogP contribution is -2.55. The second-order valence-electron chi connectivity index (χ2n) is 6.20. The predicted molar refractivity (Wildman–Crippen MR) is 99.7 cm³/mol. The van der Waals surface area contributed by atoms with E-state index in [0.29, 0.717) is 0 Å². The predicted octanol–water partition coefficient (Wildman–Crippen LogP) is 3.83. The molecule has 1 amide bonds. The number of hydrogen-bond donors (Lipinski definition) is 0. The van der Waals surface area contributed by atoms with E-state index in [2.05, 4.69) is 0 Å². The molecule has 0 saturated carbocycles. The highest BCUT2D eigenvalue weighted by Gasteiger charge is 2.49. The van der Waals surface area contributed by atoms with E-state index in [-0.39, 0.29) is 18.0 Å². The van der Waals surface area contributed by atoms with Gasteiger partial charge in [-0.3, -0.25) is 4.79 Å². The number of β-lactam (4-membered cyclic amide) rings is 1. The van der Waals surface area contributed by atoms with Crippen molar-refractivity contribution in [1.82, 2.24) is 4.57 Å². The molecule has 0 radical (unpaired) electrons. The molecule has 5 heteroatoms. The summed E-state index contributed by atoms with van der Waals surface area (Å²) in [6.45, 7) is 0. The summed E-state index contributed by atoms with van der Waals surface area (Å²) in [5.41, 5.74) is 1.93. The van der Waals surface area contributed by atoms with Crippen LogP contribution in [-0.2, 0) is 4.79 Å². The van der Waals surface area contributed by atoms with Crippen molar-refractivity contribution in [3.63, 3.8) is 0 Å². The van der Waals surface area contributed by atoms with E-state index in [1.54, 1.807) is 14.2 Å². The molecule has 1 aliphatic heterocycles. The lowest BCUT2D eigenvalue weighted by atomic mass is 9.87. The highest BCUT2D eigenvalue weighted by Crippen LogP contribution is 2.46. The van der Waals surface area contributed by atoms with Gasteiger partial charge in [-0.25, -0.2) is 0 Å². The molecule has 2 aromatic carbocycles. The zero-order valence-corrected chi connectivity index (χ0v) is 14.7. The number of carbonyl (C=O) groups excluding carboxylic acids is 1. The Hall–Kier alpha value is -3.21. The molecule has 1 saturated heterocycles. The topological polar surface area (TPSA) is 43.7 Å². The molecular weight excluding hydrogens is 328 g/mol. The van der Waals surface area contributed by atoms with Crippen LogP contribution >= 0.6 is 0 Å². The summed E-state index contributed by atoms with van der Waals surface area (Å²) in [7, 11) is 3.28. The Balaban J connectivity index is 1.72. The number of nitrogens with zero attached hydrogens (tertiary/aromatic N) is 2. The van der Waals surface area contributed by atoms with Crippen LogP contribution in [0.5, 0.6) is 11.5 Å². The lowest BCUT2D eigenvalue weighted by molar-refractivity contribution is -0.129. The summed E-state index contributed by atoms with van der Waals surface area (Å²) < 4.78 is 12.5. The zero-order chi connectivity index (χ0) is 18.1. The van der Waals surface area contributed by atoms with Gasteiger partial charge in [0, 0.05) is 18.1 Å². The van der Waals surface area contributed by atoms with Crippen molar-refractivity contribution >= 4 is 11.6 Å². The van der Waals surface area contributed by atoms with Crippen molar-refractivity contribution in [3.05, 3.63) is 78.6 Å². The van der Waals surface area contributed by atoms with E-state index in [0.717, 1.165) is 22.7 Å². The molecular formula is C21H20N2O3. The van der Waals surface area contributed by atoms with Crippen molar-refractivity contribution < 1.29 is 14.3 Å². The number of benzene rings is 2. The highest BCUT2D eigenvalue weighted by molar-refractivity contribution is 6.04. The summed E-state index contributed by atoms with van der Waals surface area (Å²) in [6, 6.07) is 19.0. The zero-order valence-electron chi connectivity index (χ0n) is 14.7. The third kappa shape index (κ3) is 2.62.